The number of benzene rings is 1. The number of rotatable bonds is 6. The zero-order chi connectivity index (χ0) is 21.1. The molecule has 9 heteroatoms. The Kier molecular flexibility index (Phi) is 5.87. The van der Waals surface area contributed by atoms with Crippen molar-refractivity contribution >= 4 is 35.3 Å². The molecule has 3 amide bonds. The van der Waals surface area contributed by atoms with Crippen molar-refractivity contribution in [1.82, 2.24) is 20.6 Å². The number of hydrogen-bond acceptors (Lipinski definition) is 6. The first-order valence-corrected chi connectivity index (χ1v) is 10.3. The second kappa shape index (κ2) is 8.73. The van der Waals surface area contributed by atoms with Crippen LogP contribution in [0, 0.1) is 6.92 Å². The van der Waals surface area contributed by atoms with E-state index in [1.54, 1.807) is 30.7 Å². The number of hydrogen-bond donors (Lipinski definition) is 2. The van der Waals surface area contributed by atoms with Crippen LogP contribution in [0.2, 0.25) is 5.02 Å². The fourth-order valence-electron chi connectivity index (χ4n) is 2.98. The van der Waals surface area contributed by atoms with Gasteiger partial charge >= 0.3 is 6.03 Å². The van der Waals surface area contributed by atoms with Gasteiger partial charge in [-0.15, -0.1) is 0 Å². The Morgan fingerprint density at radius 2 is 2.03 bits per heavy atom. The van der Waals surface area contributed by atoms with Gasteiger partial charge in [-0.1, -0.05) is 23.4 Å². The molecule has 3 heterocycles. The molecule has 152 valence electrons. The van der Waals surface area contributed by atoms with E-state index >= 15 is 0 Å². The molecular formula is C21H17ClN4O3S. The third kappa shape index (κ3) is 4.55. The molecule has 0 spiro atoms. The molecule has 7 nitrogen and oxygen atoms in total. The number of ether oxygens (including phenoxy) is 1. The highest BCUT2D eigenvalue weighted by atomic mass is 35.5. The van der Waals surface area contributed by atoms with Crippen molar-refractivity contribution < 1.29 is 14.3 Å². The highest BCUT2D eigenvalue weighted by Crippen LogP contribution is 2.37. The number of nitrogens with one attached hydrogen (secondary N) is 2. The van der Waals surface area contributed by atoms with E-state index in [-0.39, 0.29) is 0 Å². The maximum Gasteiger partial charge on any atom is 0.322 e. The Balaban J connectivity index is 1.49. The molecule has 1 unspecified atom stereocenters. The van der Waals surface area contributed by atoms with Crippen LogP contribution in [0.3, 0.4) is 0 Å². The maximum absolute atomic E-state index is 12.0. The van der Waals surface area contributed by atoms with Crippen molar-refractivity contribution in [1.29, 1.82) is 0 Å². The lowest BCUT2D eigenvalue weighted by Gasteiger charge is -2.13. The van der Waals surface area contributed by atoms with Crippen LogP contribution in [0.5, 0.6) is 5.75 Å². The minimum Gasteiger partial charge on any atom is -0.487 e. The van der Waals surface area contributed by atoms with E-state index in [9.17, 15) is 9.59 Å². The largest absolute Gasteiger partial charge is 0.487 e. The number of aryl methyl sites for hydroxylation is 1. The van der Waals surface area contributed by atoms with Gasteiger partial charge in [0.15, 0.2) is 0 Å². The van der Waals surface area contributed by atoms with Crippen LogP contribution >= 0.6 is 23.4 Å². The van der Waals surface area contributed by atoms with Gasteiger partial charge in [0, 0.05) is 39.6 Å². The van der Waals surface area contributed by atoms with Gasteiger partial charge in [0.2, 0.25) is 0 Å². The van der Waals surface area contributed by atoms with Crippen molar-refractivity contribution in [3.63, 3.8) is 0 Å². The van der Waals surface area contributed by atoms with Crippen molar-refractivity contribution in [2.24, 2.45) is 0 Å². The van der Waals surface area contributed by atoms with Gasteiger partial charge in [0.05, 0.1) is 5.02 Å². The third-order valence-corrected chi connectivity index (χ3v) is 5.76. The fourth-order valence-corrected chi connectivity index (χ4v) is 4.27. The van der Waals surface area contributed by atoms with Crippen molar-refractivity contribution in [2.75, 3.05) is 0 Å². The SMILES string of the molecule is Cc1cc(COc2ccc(Sc3ccncc3C3NC(=O)NC3=O)cc2Cl)ccn1. The summed E-state index contributed by atoms with van der Waals surface area (Å²) in [6.45, 7) is 2.32. The molecule has 1 aliphatic heterocycles. The van der Waals surface area contributed by atoms with E-state index in [0.717, 1.165) is 21.0 Å². The molecule has 0 bridgehead atoms. The van der Waals surface area contributed by atoms with E-state index < -0.39 is 18.0 Å². The van der Waals surface area contributed by atoms with Gasteiger partial charge in [0.25, 0.3) is 5.91 Å². The number of urea groups is 1. The van der Waals surface area contributed by atoms with Gasteiger partial charge in [-0.2, -0.15) is 0 Å². The van der Waals surface area contributed by atoms with E-state index in [4.69, 9.17) is 16.3 Å². The molecule has 1 aliphatic rings. The van der Waals surface area contributed by atoms with Crippen LogP contribution in [0.15, 0.2) is 64.8 Å². The van der Waals surface area contributed by atoms with Gasteiger partial charge in [0.1, 0.15) is 18.4 Å². The normalized spacial score (nSPS) is 15.6. The third-order valence-electron chi connectivity index (χ3n) is 4.38. The molecule has 3 aromatic rings. The maximum atomic E-state index is 12.0. The van der Waals surface area contributed by atoms with E-state index in [2.05, 4.69) is 20.6 Å². The summed E-state index contributed by atoms with van der Waals surface area (Å²) in [6.07, 6.45) is 4.96. The van der Waals surface area contributed by atoms with Crippen LogP contribution in [0.4, 0.5) is 4.79 Å². The second-order valence-electron chi connectivity index (χ2n) is 6.60. The van der Waals surface area contributed by atoms with Crippen LogP contribution in [0.1, 0.15) is 22.9 Å². The molecular weight excluding hydrogens is 424 g/mol. The number of imide groups is 1. The first-order valence-electron chi connectivity index (χ1n) is 9.06. The van der Waals surface area contributed by atoms with E-state index in [1.807, 2.05) is 31.2 Å². The molecule has 1 saturated heterocycles. The minimum absolute atomic E-state index is 0.389. The number of aromatic nitrogens is 2. The Morgan fingerprint density at radius 3 is 2.77 bits per heavy atom. The van der Waals surface area contributed by atoms with Gasteiger partial charge in [-0.3, -0.25) is 20.1 Å². The molecule has 1 aromatic carbocycles. The molecule has 4 rings (SSSR count). The molecule has 0 saturated carbocycles. The average Bonchev–Trinajstić information content (AvgIpc) is 3.06. The predicted molar refractivity (Wildman–Crippen MR) is 113 cm³/mol. The summed E-state index contributed by atoms with van der Waals surface area (Å²) in [6, 6.07) is 9.87. The monoisotopic (exact) mass is 440 g/mol. The quantitative estimate of drug-likeness (QED) is 0.562. The van der Waals surface area contributed by atoms with Gasteiger partial charge in [-0.25, -0.2) is 4.79 Å². The Morgan fingerprint density at radius 1 is 1.17 bits per heavy atom. The molecule has 1 atom stereocenters. The Labute approximate surface area is 182 Å². The van der Waals surface area contributed by atoms with E-state index in [0.29, 0.717) is 22.9 Å². The summed E-state index contributed by atoms with van der Waals surface area (Å²) in [7, 11) is 0. The van der Waals surface area contributed by atoms with Crippen molar-refractivity contribution in [3.8, 4) is 5.75 Å². The average molecular weight is 441 g/mol. The van der Waals surface area contributed by atoms with Gasteiger partial charge in [-0.05, 0) is 48.9 Å². The summed E-state index contributed by atoms with van der Waals surface area (Å²) in [5, 5.41) is 5.32. The number of pyridine rings is 2. The number of nitrogens with zero attached hydrogens (tertiary/aromatic N) is 2. The highest BCUT2D eigenvalue weighted by Gasteiger charge is 2.32. The molecule has 0 aliphatic carbocycles. The Bertz CT molecular complexity index is 1120. The number of halogens is 1. The lowest BCUT2D eigenvalue weighted by molar-refractivity contribution is -0.120. The molecule has 2 N–H and O–H groups in total. The predicted octanol–water partition coefficient (Wildman–Crippen LogP) is 4.05. The first-order chi connectivity index (χ1) is 14.5. The number of amides is 3. The molecule has 30 heavy (non-hydrogen) atoms. The smallest absolute Gasteiger partial charge is 0.322 e. The molecule has 1 fully saturated rings. The lowest BCUT2D eigenvalue weighted by atomic mass is 10.1. The summed E-state index contributed by atoms with van der Waals surface area (Å²) in [5.74, 6) is 0.177. The molecule has 0 radical (unpaired) electrons. The highest BCUT2D eigenvalue weighted by molar-refractivity contribution is 7.99. The zero-order valence-corrected chi connectivity index (χ0v) is 17.5. The minimum atomic E-state index is -0.768. The van der Waals surface area contributed by atoms with Crippen LogP contribution < -0.4 is 15.4 Å². The summed E-state index contributed by atoms with van der Waals surface area (Å²) >= 11 is 7.84. The summed E-state index contributed by atoms with van der Waals surface area (Å²) < 4.78 is 5.83. The topological polar surface area (TPSA) is 93.2 Å². The van der Waals surface area contributed by atoms with Crippen molar-refractivity contribution in [3.05, 3.63) is 76.8 Å². The Hall–Kier alpha value is -3.10. The van der Waals surface area contributed by atoms with Crippen molar-refractivity contribution in [2.45, 2.75) is 29.4 Å². The van der Waals surface area contributed by atoms with Gasteiger partial charge < -0.3 is 10.1 Å². The summed E-state index contributed by atoms with van der Waals surface area (Å²) in [5.41, 5.74) is 2.56. The zero-order valence-electron chi connectivity index (χ0n) is 15.9. The second-order valence-corrected chi connectivity index (χ2v) is 8.12. The first kappa shape index (κ1) is 20.2. The fraction of sp³-hybridized carbons (Fsp3) is 0.143. The van der Waals surface area contributed by atoms with Crippen LogP contribution in [-0.4, -0.2) is 21.9 Å². The van der Waals surface area contributed by atoms with Crippen LogP contribution in [0.25, 0.3) is 0 Å². The lowest BCUT2D eigenvalue weighted by Crippen LogP contribution is -2.22. The van der Waals surface area contributed by atoms with E-state index in [1.165, 1.54) is 11.8 Å². The summed E-state index contributed by atoms with van der Waals surface area (Å²) in [4.78, 5) is 33.4. The number of carbonyl (C=O) groups is 2. The number of carbonyl (C=O) groups excluding carboxylic acids is 2. The molecule has 2 aromatic heterocycles. The standard InChI is InChI=1S/C21H17ClN4O3S/c1-12-8-13(4-7-24-12)11-29-17-3-2-14(9-16(17)22)30-18-5-6-23-10-15(18)19-20(27)26-21(28)25-19/h2-10,19H,11H2,1H3,(H2,25,26,27,28). The van der Waals surface area contributed by atoms with Crippen LogP contribution in [-0.2, 0) is 11.4 Å².